The fourth-order valence-corrected chi connectivity index (χ4v) is 2.02. The highest BCUT2D eigenvalue weighted by atomic mass is 16.4. The van der Waals surface area contributed by atoms with Gasteiger partial charge in [-0.1, -0.05) is 17.7 Å². The van der Waals surface area contributed by atoms with Gasteiger partial charge in [-0.25, -0.2) is 9.97 Å². The summed E-state index contributed by atoms with van der Waals surface area (Å²) < 4.78 is 5.73. The molecule has 100 valence electrons. The minimum absolute atomic E-state index is 0.444. The standard InChI is InChI=1S/C15H14N4O/c1-9-5-4-6-12(7-9)14-18-19-15(20-14)13-8-16-11(3)17-10(13)2/h4-8H,1-3H3. The van der Waals surface area contributed by atoms with Crippen LogP contribution in [0.2, 0.25) is 0 Å². The van der Waals surface area contributed by atoms with Gasteiger partial charge in [0.05, 0.1) is 11.3 Å². The van der Waals surface area contributed by atoms with Gasteiger partial charge >= 0.3 is 0 Å². The second-order valence-corrected chi connectivity index (χ2v) is 4.70. The molecule has 0 aliphatic rings. The highest BCUT2D eigenvalue weighted by Crippen LogP contribution is 2.25. The van der Waals surface area contributed by atoms with E-state index in [1.54, 1.807) is 6.20 Å². The third-order valence-corrected chi connectivity index (χ3v) is 3.02. The summed E-state index contributed by atoms with van der Waals surface area (Å²) in [6.07, 6.45) is 1.71. The van der Waals surface area contributed by atoms with Gasteiger partial charge in [0.1, 0.15) is 5.82 Å². The molecule has 2 aromatic heterocycles. The molecule has 3 rings (SSSR count). The molecule has 0 radical (unpaired) electrons. The average molecular weight is 266 g/mol. The molecular formula is C15H14N4O. The van der Waals surface area contributed by atoms with Gasteiger partial charge in [0.25, 0.3) is 5.89 Å². The molecule has 1 aromatic carbocycles. The molecule has 0 saturated carbocycles. The average Bonchev–Trinajstić information content (AvgIpc) is 2.88. The number of rotatable bonds is 2. The molecule has 5 nitrogen and oxygen atoms in total. The first-order valence-electron chi connectivity index (χ1n) is 6.34. The van der Waals surface area contributed by atoms with Crippen molar-refractivity contribution in [3.05, 3.63) is 47.5 Å². The number of aromatic nitrogens is 4. The molecule has 3 aromatic rings. The maximum atomic E-state index is 5.73. The van der Waals surface area contributed by atoms with Crippen molar-refractivity contribution in [3.63, 3.8) is 0 Å². The third-order valence-electron chi connectivity index (χ3n) is 3.02. The van der Waals surface area contributed by atoms with Crippen LogP contribution in [0.4, 0.5) is 0 Å². The molecule has 0 aliphatic carbocycles. The van der Waals surface area contributed by atoms with Crippen molar-refractivity contribution in [3.8, 4) is 22.9 Å². The Morgan fingerprint density at radius 3 is 2.55 bits per heavy atom. The van der Waals surface area contributed by atoms with E-state index < -0.39 is 0 Å². The molecule has 0 spiro atoms. The van der Waals surface area contributed by atoms with Gasteiger partial charge in [0.2, 0.25) is 5.89 Å². The smallest absolute Gasteiger partial charge is 0.251 e. The Hall–Kier alpha value is -2.56. The lowest BCUT2D eigenvalue weighted by Crippen LogP contribution is -1.93. The Kier molecular flexibility index (Phi) is 3.02. The highest BCUT2D eigenvalue weighted by molar-refractivity contribution is 5.59. The van der Waals surface area contributed by atoms with E-state index in [0.717, 1.165) is 28.2 Å². The van der Waals surface area contributed by atoms with Crippen molar-refractivity contribution < 1.29 is 4.42 Å². The largest absolute Gasteiger partial charge is 0.416 e. The fourth-order valence-electron chi connectivity index (χ4n) is 2.02. The second kappa shape index (κ2) is 4.85. The van der Waals surface area contributed by atoms with Gasteiger partial charge in [-0.3, -0.25) is 0 Å². The zero-order valence-electron chi connectivity index (χ0n) is 11.6. The van der Waals surface area contributed by atoms with Crippen LogP contribution in [0.25, 0.3) is 22.9 Å². The lowest BCUT2D eigenvalue weighted by molar-refractivity contribution is 0.583. The van der Waals surface area contributed by atoms with E-state index in [4.69, 9.17) is 4.42 Å². The molecule has 0 N–H and O–H groups in total. The SMILES string of the molecule is Cc1cccc(-c2nnc(-c3cnc(C)nc3C)o2)c1. The van der Waals surface area contributed by atoms with Crippen molar-refractivity contribution in [2.45, 2.75) is 20.8 Å². The van der Waals surface area contributed by atoms with Crippen LogP contribution in [-0.4, -0.2) is 20.2 Å². The van der Waals surface area contributed by atoms with Crippen molar-refractivity contribution in [2.24, 2.45) is 0 Å². The van der Waals surface area contributed by atoms with E-state index in [2.05, 4.69) is 20.2 Å². The van der Waals surface area contributed by atoms with Crippen molar-refractivity contribution in [2.75, 3.05) is 0 Å². The van der Waals surface area contributed by atoms with E-state index in [-0.39, 0.29) is 0 Å². The quantitative estimate of drug-likeness (QED) is 0.713. The Morgan fingerprint density at radius 2 is 1.80 bits per heavy atom. The summed E-state index contributed by atoms with van der Waals surface area (Å²) in [7, 11) is 0. The summed E-state index contributed by atoms with van der Waals surface area (Å²) in [6.45, 7) is 5.78. The van der Waals surface area contributed by atoms with Crippen LogP contribution < -0.4 is 0 Å². The van der Waals surface area contributed by atoms with Crippen LogP contribution in [-0.2, 0) is 0 Å². The molecule has 2 heterocycles. The zero-order chi connectivity index (χ0) is 14.1. The van der Waals surface area contributed by atoms with Crippen LogP contribution in [0, 0.1) is 20.8 Å². The van der Waals surface area contributed by atoms with Crippen LogP contribution in [0.3, 0.4) is 0 Å². The molecular weight excluding hydrogens is 252 g/mol. The third kappa shape index (κ3) is 2.30. The zero-order valence-corrected chi connectivity index (χ0v) is 11.6. The number of nitrogens with zero attached hydrogens (tertiary/aromatic N) is 4. The van der Waals surface area contributed by atoms with Crippen molar-refractivity contribution in [1.82, 2.24) is 20.2 Å². The second-order valence-electron chi connectivity index (χ2n) is 4.70. The fraction of sp³-hybridized carbons (Fsp3) is 0.200. The normalized spacial score (nSPS) is 10.8. The summed E-state index contributed by atoms with van der Waals surface area (Å²) in [6, 6.07) is 7.95. The van der Waals surface area contributed by atoms with Gasteiger partial charge in [0, 0.05) is 11.8 Å². The van der Waals surface area contributed by atoms with Crippen LogP contribution >= 0.6 is 0 Å². The van der Waals surface area contributed by atoms with Crippen LogP contribution in [0.15, 0.2) is 34.9 Å². The summed E-state index contributed by atoms with van der Waals surface area (Å²) >= 11 is 0. The van der Waals surface area contributed by atoms with Gasteiger partial charge in [-0.2, -0.15) is 0 Å². The van der Waals surface area contributed by atoms with E-state index >= 15 is 0 Å². The highest BCUT2D eigenvalue weighted by Gasteiger charge is 2.13. The summed E-state index contributed by atoms with van der Waals surface area (Å²) in [5.41, 5.74) is 3.66. The lowest BCUT2D eigenvalue weighted by Gasteiger charge is -2.00. The monoisotopic (exact) mass is 266 g/mol. The molecule has 0 amide bonds. The number of aryl methyl sites for hydroxylation is 3. The predicted molar refractivity (Wildman–Crippen MR) is 75.0 cm³/mol. The maximum absolute atomic E-state index is 5.73. The number of hydrogen-bond donors (Lipinski definition) is 0. The van der Waals surface area contributed by atoms with E-state index in [1.807, 2.05) is 45.0 Å². The van der Waals surface area contributed by atoms with Gasteiger partial charge in [0.15, 0.2) is 0 Å². The predicted octanol–water partition coefficient (Wildman–Crippen LogP) is 3.12. The number of benzene rings is 1. The van der Waals surface area contributed by atoms with Gasteiger partial charge in [-0.15, -0.1) is 10.2 Å². The minimum Gasteiger partial charge on any atom is -0.416 e. The maximum Gasteiger partial charge on any atom is 0.251 e. The Labute approximate surface area is 116 Å². The van der Waals surface area contributed by atoms with E-state index in [9.17, 15) is 0 Å². The summed E-state index contributed by atoms with van der Waals surface area (Å²) in [5, 5.41) is 8.18. The Balaban J connectivity index is 2.02. The van der Waals surface area contributed by atoms with E-state index in [0.29, 0.717) is 11.8 Å². The van der Waals surface area contributed by atoms with Crippen molar-refractivity contribution >= 4 is 0 Å². The Bertz CT molecular complexity index is 764. The van der Waals surface area contributed by atoms with Crippen molar-refractivity contribution in [1.29, 1.82) is 0 Å². The summed E-state index contributed by atoms with van der Waals surface area (Å²) in [5.74, 6) is 1.67. The molecule has 0 aliphatic heterocycles. The first-order chi connectivity index (χ1) is 9.63. The topological polar surface area (TPSA) is 64.7 Å². The summed E-state index contributed by atoms with van der Waals surface area (Å²) in [4.78, 5) is 8.48. The van der Waals surface area contributed by atoms with Crippen LogP contribution in [0.1, 0.15) is 17.1 Å². The minimum atomic E-state index is 0.444. The van der Waals surface area contributed by atoms with Gasteiger partial charge in [-0.05, 0) is 32.9 Å². The molecule has 5 heteroatoms. The number of hydrogen-bond acceptors (Lipinski definition) is 5. The molecule has 0 bridgehead atoms. The Morgan fingerprint density at radius 1 is 1.00 bits per heavy atom. The van der Waals surface area contributed by atoms with E-state index in [1.165, 1.54) is 0 Å². The lowest BCUT2D eigenvalue weighted by atomic mass is 10.1. The molecule has 20 heavy (non-hydrogen) atoms. The molecule has 0 unspecified atom stereocenters. The molecule has 0 saturated heterocycles. The molecule has 0 fully saturated rings. The molecule has 0 atom stereocenters. The first kappa shape index (κ1) is 12.5. The van der Waals surface area contributed by atoms with Gasteiger partial charge < -0.3 is 4.42 Å². The first-order valence-corrected chi connectivity index (χ1v) is 6.34. The van der Waals surface area contributed by atoms with Crippen LogP contribution in [0.5, 0.6) is 0 Å².